The summed E-state index contributed by atoms with van der Waals surface area (Å²) >= 11 is 0. The molecule has 1 aromatic heterocycles. The van der Waals surface area contributed by atoms with Crippen LogP contribution in [0.15, 0.2) is 35.7 Å². The number of halogens is 2. The maximum absolute atomic E-state index is 13.8. The first kappa shape index (κ1) is 17.1. The van der Waals surface area contributed by atoms with Crippen molar-refractivity contribution in [3.8, 4) is 0 Å². The fraction of sp³-hybridized carbons (Fsp3) is 0.353. The Balaban J connectivity index is 1.47. The maximum Gasteiger partial charge on any atom is 0.264 e. The number of aromatic nitrogens is 2. The van der Waals surface area contributed by atoms with Crippen LogP contribution in [-0.2, 0) is 16.2 Å². The predicted octanol–water partition coefficient (Wildman–Crippen LogP) is 2.17. The summed E-state index contributed by atoms with van der Waals surface area (Å²) in [6.07, 6.45) is 3.62. The molecular formula is C17H18F2N4O2. The van der Waals surface area contributed by atoms with Crippen molar-refractivity contribution >= 4 is 11.6 Å². The lowest BCUT2D eigenvalue weighted by atomic mass is 10.0. The monoisotopic (exact) mass is 348 g/mol. The highest BCUT2D eigenvalue weighted by Crippen LogP contribution is 2.20. The number of benzene rings is 1. The van der Waals surface area contributed by atoms with Crippen LogP contribution < -0.4 is 5.32 Å². The molecule has 0 saturated heterocycles. The Morgan fingerprint density at radius 2 is 2.28 bits per heavy atom. The second-order valence-electron chi connectivity index (χ2n) is 5.77. The van der Waals surface area contributed by atoms with E-state index in [9.17, 15) is 13.6 Å². The number of carbonyl (C=O) groups is 1. The van der Waals surface area contributed by atoms with Gasteiger partial charge in [0.05, 0.1) is 5.71 Å². The molecule has 6 nitrogen and oxygen atoms in total. The van der Waals surface area contributed by atoms with Crippen molar-refractivity contribution in [2.75, 3.05) is 6.54 Å². The van der Waals surface area contributed by atoms with Crippen LogP contribution in [0.25, 0.3) is 0 Å². The molecule has 25 heavy (non-hydrogen) atoms. The number of amides is 1. The molecule has 1 aliphatic heterocycles. The van der Waals surface area contributed by atoms with Crippen LogP contribution in [-0.4, -0.2) is 33.8 Å². The summed E-state index contributed by atoms with van der Waals surface area (Å²) in [5, 5.41) is 6.49. The van der Waals surface area contributed by atoms with E-state index in [1.54, 1.807) is 6.20 Å². The first-order valence-corrected chi connectivity index (χ1v) is 7.98. The van der Waals surface area contributed by atoms with Gasteiger partial charge in [-0.3, -0.25) is 4.79 Å². The minimum Gasteiger partial charge on any atom is -0.382 e. The lowest BCUT2D eigenvalue weighted by Gasteiger charge is -2.10. The summed E-state index contributed by atoms with van der Waals surface area (Å²) in [7, 11) is 0. The van der Waals surface area contributed by atoms with Gasteiger partial charge in [-0.25, -0.2) is 13.8 Å². The topological polar surface area (TPSA) is 68.5 Å². The largest absolute Gasteiger partial charge is 0.382 e. The quantitative estimate of drug-likeness (QED) is 0.814. The zero-order valence-electron chi connectivity index (χ0n) is 13.7. The fourth-order valence-electron chi connectivity index (χ4n) is 2.61. The van der Waals surface area contributed by atoms with Crippen LogP contribution in [0.5, 0.6) is 0 Å². The summed E-state index contributed by atoms with van der Waals surface area (Å²) in [5.74, 6) is -0.569. The fourth-order valence-corrected chi connectivity index (χ4v) is 2.61. The van der Waals surface area contributed by atoms with Gasteiger partial charge in [0.25, 0.3) is 5.91 Å². The minimum atomic E-state index is -0.826. The van der Waals surface area contributed by atoms with Crippen molar-refractivity contribution in [2.45, 2.75) is 32.4 Å². The van der Waals surface area contributed by atoms with Crippen LogP contribution in [0.4, 0.5) is 8.78 Å². The van der Waals surface area contributed by atoms with Crippen LogP contribution in [0.1, 0.15) is 24.2 Å². The standard InChI is InChI=1S/C17H18F2N4O2/c1-11-20-6-8-23(11)7-2-5-21-17(24)16-10-15(22-25-16)13-9-12(18)3-4-14(13)19/h3-4,6,8-9,16H,2,5,7,10H2,1H3,(H,21,24)/t16-/m0/s1. The Kier molecular flexibility index (Phi) is 5.06. The van der Waals surface area contributed by atoms with Crippen LogP contribution in [0.2, 0.25) is 0 Å². The molecule has 1 amide bonds. The molecule has 0 aliphatic carbocycles. The molecule has 0 bridgehead atoms. The number of imidazole rings is 1. The summed E-state index contributed by atoms with van der Waals surface area (Å²) < 4.78 is 29.0. The van der Waals surface area contributed by atoms with Gasteiger partial charge in [0.2, 0.25) is 6.10 Å². The molecule has 0 radical (unpaired) electrons. The smallest absolute Gasteiger partial charge is 0.264 e. The van der Waals surface area contributed by atoms with E-state index in [1.165, 1.54) is 0 Å². The summed E-state index contributed by atoms with van der Waals surface area (Å²) in [6.45, 7) is 3.13. The first-order valence-electron chi connectivity index (χ1n) is 7.98. The van der Waals surface area contributed by atoms with Gasteiger partial charge in [-0.15, -0.1) is 0 Å². The van der Waals surface area contributed by atoms with E-state index in [1.807, 2.05) is 17.7 Å². The lowest BCUT2D eigenvalue weighted by molar-refractivity contribution is -0.131. The Bertz CT molecular complexity index is 804. The number of carbonyl (C=O) groups excluding carboxylic acids is 1. The predicted molar refractivity (Wildman–Crippen MR) is 87.0 cm³/mol. The molecule has 3 rings (SSSR count). The number of hydrogen-bond acceptors (Lipinski definition) is 4. The SMILES string of the molecule is Cc1nccn1CCCNC(=O)[C@@H]1CC(c2cc(F)ccc2F)=NO1. The molecule has 1 N–H and O–H groups in total. The molecule has 2 heterocycles. The van der Waals surface area contributed by atoms with E-state index in [2.05, 4.69) is 15.5 Å². The molecule has 132 valence electrons. The Labute approximate surface area is 143 Å². The molecule has 0 spiro atoms. The second kappa shape index (κ2) is 7.42. The second-order valence-corrected chi connectivity index (χ2v) is 5.77. The highest BCUT2D eigenvalue weighted by Gasteiger charge is 2.30. The van der Waals surface area contributed by atoms with Crippen molar-refractivity contribution in [2.24, 2.45) is 5.16 Å². The van der Waals surface area contributed by atoms with Crippen LogP contribution >= 0.6 is 0 Å². The van der Waals surface area contributed by atoms with Crippen molar-refractivity contribution in [3.63, 3.8) is 0 Å². The van der Waals surface area contributed by atoms with Gasteiger partial charge in [-0.1, -0.05) is 5.16 Å². The highest BCUT2D eigenvalue weighted by atomic mass is 19.1. The third-order valence-electron chi connectivity index (χ3n) is 4.00. The van der Waals surface area contributed by atoms with Crippen molar-refractivity contribution in [1.29, 1.82) is 0 Å². The number of nitrogens with one attached hydrogen (secondary N) is 1. The summed E-state index contributed by atoms with van der Waals surface area (Å²) in [4.78, 5) is 21.3. The molecule has 1 atom stereocenters. The van der Waals surface area contributed by atoms with E-state index in [-0.39, 0.29) is 23.6 Å². The van der Waals surface area contributed by atoms with E-state index >= 15 is 0 Å². The minimum absolute atomic E-state index is 0.0193. The number of oxime groups is 1. The number of nitrogens with zero attached hydrogens (tertiary/aromatic N) is 3. The first-order chi connectivity index (χ1) is 12.0. The van der Waals surface area contributed by atoms with Gasteiger partial charge in [0.1, 0.15) is 17.5 Å². The third-order valence-corrected chi connectivity index (χ3v) is 4.00. The van der Waals surface area contributed by atoms with Crippen LogP contribution in [0.3, 0.4) is 0 Å². The average Bonchev–Trinajstić information content (AvgIpc) is 3.23. The summed E-state index contributed by atoms with van der Waals surface area (Å²) in [5.41, 5.74) is 0.247. The third kappa shape index (κ3) is 4.01. The molecule has 1 aliphatic rings. The van der Waals surface area contributed by atoms with Crippen LogP contribution in [0, 0.1) is 18.6 Å². The van der Waals surface area contributed by atoms with E-state index in [0.29, 0.717) is 6.54 Å². The van der Waals surface area contributed by atoms with E-state index < -0.39 is 17.7 Å². The normalized spacial score (nSPS) is 16.4. The van der Waals surface area contributed by atoms with Gasteiger partial charge in [-0.05, 0) is 31.5 Å². The number of aryl methyl sites for hydroxylation is 2. The Hall–Kier alpha value is -2.77. The average molecular weight is 348 g/mol. The summed E-state index contributed by atoms with van der Waals surface area (Å²) in [6, 6.07) is 3.10. The highest BCUT2D eigenvalue weighted by molar-refractivity contribution is 6.04. The molecule has 1 aromatic carbocycles. The molecule has 2 aromatic rings. The Morgan fingerprint density at radius 1 is 1.44 bits per heavy atom. The van der Waals surface area contributed by atoms with Gasteiger partial charge >= 0.3 is 0 Å². The molecular weight excluding hydrogens is 330 g/mol. The maximum atomic E-state index is 13.8. The van der Waals surface area contributed by atoms with Crippen molar-refractivity contribution in [1.82, 2.24) is 14.9 Å². The Morgan fingerprint density at radius 3 is 3.04 bits per heavy atom. The van der Waals surface area contributed by atoms with Crippen molar-refractivity contribution < 1.29 is 18.4 Å². The molecule has 8 heteroatoms. The lowest BCUT2D eigenvalue weighted by Crippen LogP contribution is -2.35. The van der Waals surface area contributed by atoms with Gasteiger partial charge in [0.15, 0.2) is 0 Å². The zero-order chi connectivity index (χ0) is 17.8. The molecule has 0 fully saturated rings. The van der Waals surface area contributed by atoms with Crippen molar-refractivity contribution in [3.05, 3.63) is 53.6 Å². The van der Waals surface area contributed by atoms with Gasteiger partial charge in [-0.2, -0.15) is 0 Å². The van der Waals surface area contributed by atoms with E-state index in [4.69, 9.17) is 4.84 Å². The molecule has 0 unspecified atom stereocenters. The van der Waals surface area contributed by atoms with E-state index in [0.717, 1.165) is 37.0 Å². The van der Waals surface area contributed by atoms with Gasteiger partial charge in [0, 0.05) is 37.5 Å². The molecule has 0 saturated carbocycles. The van der Waals surface area contributed by atoms with Gasteiger partial charge < -0.3 is 14.7 Å². The zero-order valence-corrected chi connectivity index (χ0v) is 13.7. The number of rotatable bonds is 6. The number of hydrogen-bond donors (Lipinski definition) is 1.